The van der Waals surface area contributed by atoms with Crippen molar-refractivity contribution in [2.24, 2.45) is 4.99 Å². The lowest BCUT2D eigenvalue weighted by atomic mass is 10.2. The Hall–Kier alpha value is -3.52. The lowest BCUT2D eigenvalue weighted by molar-refractivity contribution is -0.120. The van der Waals surface area contributed by atoms with Gasteiger partial charge in [0.2, 0.25) is 17.8 Å². The molecule has 0 unspecified atom stereocenters. The van der Waals surface area contributed by atoms with E-state index in [1.807, 2.05) is 60.4 Å². The summed E-state index contributed by atoms with van der Waals surface area (Å²) >= 11 is 6.07. The van der Waals surface area contributed by atoms with Crippen LogP contribution in [0.2, 0.25) is 5.02 Å². The van der Waals surface area contributed by atoms with Gasteiger partial charge in [0.25, 0.3) is 0 Å². The fourth-order valence-corrected chi connectivity index (χ4v) is 3.39. The van der Waals surface area contributed by atoms with Crippen LogP contribution in [0.25, 0.3) is 12.2 Å². The number of piperazine rings is 1. The Morgan fingerprint density at radius 2 is 2.10 bits per heavy atom. The van der Waals surface area contributed by atoms with Gasteiger partial charge < -0.3 is 15.5 Å². The van der Waals surface area contributed by atoms with E-state index in [0.717, 1.165) is 11.1 Å². The summed E-state index contributed by atoms with van der Waals surface area (Å²) in [7, 11) is 0. The molecule has 0 spiro atoms. The molecular formula is C22H22ClN7O. The summed E-state index contributed by atoms with van der Waals surface area (Å²) < 4.78 is 0. The quantitative estimate of drug-likeness (QED) is 0.749. The smallest absolute Gasteiger partial charge is 0.239 e. The number of hydrogen-bond acceptors (Lipinski definition) is 7. The molecule has 1 saturated heterocycles. The van der Waals surface area contributed by atoms with Gasteiger partial charge in [0.1, 0.15) is 5.84 Å². The van der Waals surface area contributed by atoms with Gasteiger partial charge in [-0.3, -0.25) is 9.79 Å². The normalized spacial score (nSPS) is 16.6. The maximum Gasteiger partial charge on any atom is 0.239 e. The topological polar surface area (TPSA) is 95.4 Å². The van der Waals surface area contributed by atoms with E-state index in [0.29, 0.717) is 48.2 Å². The molecule has 158 valence electrons. The molecule has 4 rings (SSSR count). The first-order valence-electron chi connectivity index (χ1n) is 9.95. The molecule has 1 fully saturated rings. The standard InChI is InChI=1S/C22H22ClN7O/c1-2-4-16-12-19(25-13-16)27-21-26-18(8-7-15-5-3-6-17(23)11-15)28-22(29-21)30-10-9-24-20(31)14-30/h2-8,11-12H,9-10,13-14H2,1H3,(H,24,31)(H,25,26,27,28,29)/b4-2+,8-7+. The number of nitrogens with zero attached hydrogens (tertiary/aromatic N) is 5. The predicted octanol–water partition coefficient (Wildman–Crippen LogP) is 2.96. The van der Waals surface area contributed by atoms with Crippen molar-refractivity contribution in [1.29, 1.82) is 0 Å². The zero-order valence-corrected chi connectivity index (χ0v) is 17.8. The number of amides is 1. The zero-order valence-electron chi connectivity index (χ0n) is 17.0. The van der Waals surface area contributed by atoms with Gasteiger partial charge in [-0.15, -0.1) is 0 Å². The van der Waals surface area contributed by atoms with Gasteiger partial charge in [-0.05, 0) is 42.3 Å². The second-order valence-electron chi connectivity index (χ2n) is 7.02. The Kier molecular flexibility index (Phi) is 6.37. The molecule has 0 radical (unpaired) electrons. The fraction of sp³-hybridized carbons (Fsp3) is 0.227. The molecule has 2 aromatic rings. The first-order chi connectivity index (χ1) is 15.1. The van der Waals surface area contributed by atoms with Gasteiger partial charge in [-0.1, -0.05) is 42.0 Å². The van der Waals surface area contributed by atoms with Gasteiger partial charge in [-0.25, -0.2) is 0 Å². The van der Waals surface area contributed by atoms with Crippen molar-refractivity contribution < 1.29 is 4.79 Å². The van der Waals surface area contributed by atoms with Crippen LogP contribution in [0.5, 0.6) is 0 Å². The molecule has 9 heteroatoms. The molecular weight excluding hydrogens is 414 g/mol. The molecule has 8 nitrogen and oxygen atoms in total. The number of allylic oxidation sites excluding steroid dienone is 1. The van der Waals surface area contributed by atoms with Crippen LogP contribution < -0.4 is 15.5 Å². The third kappa shape index (κ3) is 5.55. The summed E-state index contributed by atoms with van der Waals surface area (Å²) in [5.41, 5.74) is 2.04. The number of anilines is 2. The molecule has 2 N–H and O–H groups in total. The summed E-state index contributed by atoms with van der Waals surface area (Å²) in [5.74, 6) is 1.91. The minimum atomic E-state index is -0.0590. The van der Waals surface area contributed by atoms with Gasteiger partial charge in [0, 0.05) is 18.1 Å². The maximum atomic E-state index is 11.8. The Labute approximate surface area is 185 Å². The van der Waals surface area contributed by atoms with Crippen molar-refractivity contribution in [2.75, 3.05) is 36.4 Å². The predicted molar refractivity (Wildman–Crippen MR) is 124 cm³/mol. The average Bonchev–Trinajstić information content (AvgIpc) is 3.19. The Morgan fingerprint density at radius 1 is 1.19 bits per heavy atom. The van der Waals surface area contributed by atoms with Crippen LogP contribution in [0.4, 0.5) is 11.9 Å². The number of aromatic nitrogens is 3. The largest absolute Gasteiger partial charge is 0.353 e. The second-order valence-corrected chi connectivity index (χ2v) is 7.46. The van der Waals surface area contributed by atoms with Crippen LogP contribution >= 0.6 is 11.6 Å². The monoisotopic (exact) mass is 435 g/mol. The summed E-state index contributed by atoms with van der Waals surface area (Å²) in [6, 6.07) is 7.50. The average molecular weight is 436 g/mol. The van der Waals surface area contributed by atoms with E-state index in [4.69, 9.17) is 11.6 Å². The highest BCUT2D eigenvalue weighted by Gasteiger charge is 2.20. The zero-order chi connectivity index (χ0) is 21.6. The highest BCUT2D eigenvalue weighted by molar-refractivity contribution is 6.30. The highest BCUT2D eigenvalue weighted by atomic mass is 35.5. The van der Waals surface area contributed by atoms with Crippen LogP contribution in [0, 0.1) is 0 Å². The van der Waals surface area contributed by atoms with Crippen molar-refractivity contribution in [3.8, 4) is 0 Å². The van der Waals surface area contributed by atoms with Gasteiger partial charge in [0.15, 0.2) is 5.82 Å². The number of carbonyl (C=O) groups excluding carboxylic acids is 1. The molecule has 0 bridgehead atoms. The first kappa shape index (κ1) is 20.7. The number of nitrogens with one attached hydrogen (secondary N) is 2. The van der Waals surface area contributed by atoms with Crippen LogP contribution in [0.15, 0.2) is 53.1 Å². The number of halogens is 1. The Bertz CT molecular complexity index is 1110. The number of rotatable bonds is 5. The Morgan fingerprint density at radius 3 is 2.90 bits per heavy atom. The van der Waals surface area contributed by atoms with Crippen LogP contribution in [0.1, 0.15) is 18.3 Å². The van der Waals surface area contributed by atoms with E-state index in [9.17, 15) is 4.79 Å². The second kappa shape index (κ2) is 9.53. The van der Waals surface area contributed by atoms with E-state index in [-0.39, 0.29) is 12.5 Å². The lowest BCUT2D eigenvalue weighted by Gasteiger charge is -2.26. The molecule has 2 aliphatic rings. The third-order valence-corrected chi connectivity index (χ3v) is 4.85. The van der Waals surface area contributed by atoms with Crippen molar-refractivity contribution >= 4 is 47.4 Å². The fourth-order valence-electron chi connectivity index (χ4n) is 3.19. The van der Waals surface area contributed by atoms with E-state index >= 15 is 0 Å². The molecule has 1 amide bonds. The van der Waals surface area contributed by atoms with Crippen LogP contribution in [-0.4, -0.2) is 52.9 Å². The number of hydrogen-bond donors (Lipinski definition) is 2. The third-order valence-electron chi connectivity index (χ3n) is 4.61. The summed E-state index contributed by atoms with van der Waals surface area (Å²) in [6.45, 7) is 3.95. The van der Waals surface area contributed by atoms with E-state index in [2.05, 4.69) is 30.6 Å². The SMILES string of the molecule is C/C=C/C1=CC(Nc2nc(/C=C/c3cccc(Cl)c3)nc(N3CCNC(=O)C3)n2)=NC1. The summed E-state index contributed by atoms with van der Waals surface area (Å²) in [5, 5.41) is 6.63. The van der Waals surface area contributed by atoms with Crippen LogP contribution in [-0.2, 0) is 4.79 Å². The van der Waals surface area contributed by atoms with E-state index < -0.39 is 0 Å². The highest BCUT2D eigenvalue weighted by Crippen LogP contribution is 2.17. The van der Waals surface area contributed by atoms with Crippen LogP contribution in [0.3, 0.4) is 0 Å². The lowest BCUT2D eigenvalue weighted by Crippen LogP contribution is -2.48. The maximum absolute atomic E-state index is 11.8. The van der Waals surface area contributed by atoms with Crippen molar-refractivity contribution in [3.63, 3.8) is 0 Å². The minimum Gasteiger partial charge on any atom is -0.353 e. The molecule has 31 heavy (non-hydrogen) atoms. The van der Waals surface area contributed by atoms with Gasteiger partial charge >= 0.3 is 0 Å². The van der Waals surface area contributed by atoms with Crippen molar-refractivity contribution in [1.82, 2.24) is 20.3 Å². The van der Waals surface area contributed by atoms with E-state index in [1.165, 1.54) is 0 Å². The number of benzene rings is 1. The Balaban J connectivity index is 1.63. The molecule has 0 atom stereocenters. The van der Waals surface area contributed by atoms with Crippen molar-refractivity contribution in [3.05, 3.63) is 64.5 Å². The van der Waals surface area contributed by atoms with Crippen molar-refractivity contribution in [2.45, 2.75) is 6.92 Å². The summed E-state index contributed by atoms with van der Waals surface area (Å²) in [4.78, 5) is 31.7. The number of amidine groups is 1. The van der Waals surface area contributed by atoms with Gasteiger partial charge in [0.05, 0.1) is 13.1 Å². The van der Waals surface area contributed by atoms with Gasteiger partial charge in [-0.2, -0.15) is 15.0 Å². The minimum absolute atomic E-state index is 0.0590. The molecule has 1 aromatic heterocycles. The first-order valence-corrected chi connectivity index (χ1v) is 10.3. The molecule has 0 aliphatic carbocycles. The number of carbonyl (C=O) groups is 1. The molecule has 2 aliphatic heterocycles. The molecule has 3 heterocycles. The summed E-state index contributed by atoms with van der Waals surface area (Å²) in [6.07, 6.45) is 9.63. The molecule has 0 saturated carbocycles. The molecule has 1 aromatic carbocycles. The number of aliphatic imine (C=N–C) groups is 1. The van der Waals surface area contributed by atoms with E-state index in [1.54, 1.807) is 6.08 Å².